The monoisotopic (exact) mass is 405 g/mol. The van der Waals surface area contributed by atoms with Crippen molar-refractivity contribution in [2.75, 3.05) is 18.3 Å². The van der Waals surface area contributed by atoms with E-state index >= 15 is 0 Å². The number of anilines is 1. The van der Waals surface area contributed by atoms with Gasteiger partial charge in [0.15, 0.2) is 5.82 Å². The smallest absolute Gasteiger partial charge is 0.237 e. The topological polar surface area (TPSA) is 95.1 Å². The Hall–Kier alpha value is -3.14. The molecule has 0 radical (unpaired) electrons. The second-order valence-electron chi connectivity index (χ2n) is 5.75. The molecule has 1 aromatic heterocycles. The van der Waals surface area contributed by atoms with Gasteiger partial charge in [0.1, 0.15) is 23.1 Å². The van der Waals surface area contributed by atoms with Crippen LogP contribution in [0.2, 0.25) is 0 Å². The van der Waals surface area contributed by atoms with E-state index in [0.29, 0.717) is 17.1 Å². The van der Waals surface area contributed by atoms with E-state index in [4.69, 9.17) is 10.6 Å². The summed E-state index contributed by atoms with van der Waals surface area (Å²) >= 11 is 1.02. The summed E-state index contributed by atoms with van der Waals surface area (Å²) in [6, 6.07) is 10.4. The fourth-order valence-corrected chi connectivity index (χ4v) is 3.12. The molecular weight excluding hydrogens is 388 g/mol. The lowest BCUT2D eigenvalue weighted by atomic mass is 10.2. The molecule has 0 saturated heterocycles. The molecule has 3 rings (SSSR count). The number of halogens is 2. The lowest BCUT2D eigenvalue weighted by Gasteiger charge is -2.12. The Labute approximate surface area is 163 Å². The number of ether oxygens (including phenoxy) is 1. The summed E-state index contributed by atoms with van der Waals surface area (Å²) in [6.45, 7) is 1.57. The van der Waals surface area contributed by atoms with Crippen molar-refractivity contribution >= 4 is 23.4 Å². The zero-order valence-corrected chi connectivity index (χ0v) is 15.8. The number of methoxy groups -OCH3 is 1. The molecule has 0 fully saturated rings. The summed E-state index contributed by atoms with van der Waals surface area (Å²) in [7, 11) is 1.56. The van der Waals surface area contributed by atoms with Crippen LogP contribution in [-0.2, 0) is 4.79 Å². The van der Waals surface area contributed by atoms with Crippen LogP contribution in [-0.4, -0.2) is 33.1 Å². The first-order valence-corrected chi connectivity index (χ1v) is 9.05. The molecule has 28 heavy (non-hydrogen) atoms. The molecule has 0 saturated carbocycles. The molecule has 3 N–H and O–H groups in total. The Balaban J connectivity index is 1.73. The minimum atomic E-state index is -0.852. The van der Waals surface area contributed by atoms with Crippen LogP contribution in [0.4, 0.5) is 14.5 Å². The molecule has 7 nitrogen and oxygen atoms in total. The number of nitrogens with one attached hydrogen (secondary N) is 1. The summed E-state index contributed by atoms with van der Waals surface area (Å²) < 4.78 is 33.7. The Kier molecular flexibility index (Phi) is 5.78. The number of hydrogen-bond donors (Lipinski definition) is 2. The van der Waals surface area contributed by atoms with Crippen molar-refractivity contribution in [1.82, 2.24) is 14.9 Å². The van der Waals surface area contributed by atoms with Gasteiger partial charge >= 0.3 is 0 Å². The zero-order chi connectivity index (χ0) is 20.3. The molecule has 0 spiro atoms. The molecule has 0 aliphatic heterocycles. The summed E-state index contributed by atoms with van der Waals surface area (Å²) in [5, 5.41) is 9.83. The summed E-state index contributed by atoms with van der Waals surface area (Å²) in [6.07, 6.45) is 0. The highest BCUT2D eigenvalue weighted by atomic mass is 32.2. The highest BCUT2D eigenvalue weighted by molar-refractivity contribution is 8.00. The minimum Gasteiger partial charge on any atom is -0.497 e. The fourth-order valence-electron chi connectivity index (χ4n) is 2.35. The third-order valence-corrected chi connectivity index (χ3v) is 4.93. The number of carbonyl (C=O) groups excluding carboxylic acids is 1. The van der Waals surface area contributed by atoms with Crippen molar-refractivity contribution < 1.29 is 18.3 Å². The maximum absolute atomic E-state index is 13.7. The van der Waals surface area contributed by atoms with E-state index in [0.717, 1.165) is 23.9 Å². The van der Waals surface area contributed by atoms with E-state index < -0.39 is 28.5 Å². The van der Waals surface area contributed by atoms with Crippen LogP contribution in [0.1, 0.15) is 6.92 Å². The first-order valence-electron chi connectivity index (χ1n) is 8.17. The summed E-state index contributed by atoms with van der Waals surface area (Å²) in [5.74, 6) is 4.83. The molecule has 10 heteroatoms. The fraction of sp³-hybridized carbons (Fsp3) is 0.167. The van der Waals surface area contributed by atoms with Gasteiger partial charge < -0.3 is 15.9 Å². The molecule has 0 aliphatic carbocycles. The van der Waals surface area contributed by atoms with Crippen LogP contribution in [0.25, 0.3) is 11.4 Å². The van der Waals surface area contributed by atoms with Gasteiger partial charge in [0.2, 0.25) is 11.1 Å². The van der Waals surface area contributed by atoms with E-state index in [1.807, 2.05) is 0 Å². The average molecular weight is 405 g/mol. The van der Waals surface area contributed by atoms with Crippen molar-refractivity contribution in [3.8, 4) is 17.1 Å². The standard InChI is InChI=1S/C18H17F2N5O2S/c1-10(17(26)22-15-13(19)4-3-5-14(15)20)28-18-24-23-16(25(18)21)11-6-8-12(27-2)9-7-11/h3-10H,21H2,1-2H3,(H,22,26)/t10-/m0/s1. The van der Waals surface area contributed by atoms with Crippen LogP contribution in [0, 0.1) is 11.6 Å². The number of nitrogens with zero attached hydrogens (tertiary/aromatic N) is 3. The van der Waals surface area contributed by atoms with Gasteiger partial charge in [0.25, 0.3) is 0 Å². The number of nitrogens with two attached hydrogens (primary N) is 1. The number of thioether (sulfide) groups is 1. The largest absolute Gasteiger partial charge is 0.497 e. The minimum absolute atomic E-state index is 0.280. The van der Waals surface area contributed by atoms with Gasteiger partial charge in [-0.2, -0.15) is 0 Å². The third-order valence-electron chi connectivity index (χ3n) is 3.88. The molecular formula is C18H17F2N5O2S. The number of aromatic nitrogens is 3. The van der Waals surface area contributed by atoms with Crippen molar-refractivity contribution in [2.24, 2.45) is 0 Å². The lowest BCUT2D eigenvalue weighted by molar-refractivity contribution is -0.115. The first-order chi connectivity index (χ1) is 13.4. The molecule has 0 unspecified atom stereocenters. The van der Waals surface area contributed by atoms with Gasteiger partial charge in [-0.3, -0.25) is 4.79 Å². The van der Waals surface area contributed by atoms with Crippen LogP contribution in [0.5, 0.6) is 5.75 Å². The van der Waals surface area contributed by atoms with Crippen molar-refractivity contribution in [3.05, 3.63) is 54.1 Å². The maximum Gasteiger partial charge on any atom is 0.237 e. The van der Waals surface area contributed by atoms with Gasteiger partial charge in [-0.25, -0.2) is 13.5 Å². The van der Waals surface area contributed by atoms with Crippen molar-refractivity contribution in [2.45, 2.75) is 17.3 Å². The molecule has 1 amide bonds. The normalized spacial score (nSPS) is 11.9. The number of rotatable bonds is 6. The molecule has 1 atom stereocenters. The Bertz CT molecular complexity index is 974. The van der Waals surface area contributed by atoms with Gasteiger partial charge in [-0.1, -0.05) is 17.8 Å². The van der Waals surface area contributed by atoms with Gasteiger partial charge in [-0.05, 0) is 43.3 Å². The number of para-hydroxylation sites is 1. The second-order valence-corrected chi connectivity index (χ2v) is 7.06. The number of benzene rings is 2. The number of hydrogen-bond acceptors (Lipinski definition) is 6. The van der Waals surface area contributed by atoms with Gasteiger partial charge in [0, 0.05) is 5.56 Å². The van der Waals surface area contributed by atoms with Gasteiger partial charge in [-0.15, -0.1) is 10.2 Å². The molecule has 146 valence electrons. The molecule has 0 aliphatic rings. The van der Waals surface area contributed by atoms with Crippen LogP contribution < -0.4 is 15.9 Å². The number of amides is 1. The highest BCUT2D eigenvalue weighted by Gasteiger charge is 2.22. The van der Waals surface area contributed by atoms with E-state index in [1.54, 1.807) is 38.3 Å². The quantitative estimate of drug-likeness (QED) is 0.483. The lowest BCUT2D eigenvalue weighted by Crippen LogP contribution is -2.24. The first kappa shape index (κ1) is 19.6. The summed E-state index contributed by atoms with van der Waals surface area (Å²) in [5.41, 5.74) is 0.223. The Morgan fingerprint density at radius 2 is 1.82 bits per heavy atom. The van der Waals surface area contributed by atoms with Crippen molar-refractivity contribution in [3.63, 3.8) is 0 Å². The third kappa shape index (κ3) is 4.06. The van der Waals surface area contributed by atoms with Crippen LogP contribution in [0.15, 0.2) is 47.6 Å². The van der Waals surface area contributed by atoms with E-state index in [9.17, 15) is 13.6 Å². The molecule has 0 bridgehead atoms. The van der Waals surface area contributed by atoms with E-state index in [-0.39, 0.29) is 5.16 Å². The molecule has 2 aromatic carbocycles. The zero-order valence-electron chi connectivity index (χ0n) is 15.0. The van der Waals surface area contributed by atoms with E-state index in [2.05, 4.69) is 15.5 Å². The summed E-state index contributed by atoms with van der Waals surface area (Å²) in [4.78, 5) is 12.3. The predicted octanol–water partition coefficient (Wildman–Crippen LogP) is 3.07. The number of nitrogen functional groups attached to an aromatic ring is 1. The van der Waals surface area contributed by atoms with Crippen LogP contribution in [0.3, 0.4) is 0 Å². The molecule has 3 aromatic rings. The predicted molar refractivity (Wildman–Crippen MR) is 102 cm³/mol. The number of carbonyl (C=O) groups is 1. The Morgan fingerprint density at radius 3 is 2.43 bits per heavy atom. The Morgan fingerprint density at radius 1 is 1.18 bits per heavy atom. The SMILES string of the molecule is COc1ccc(-c2nnc(S[C@@H](C)C(=O)Nc3c(F)cccc3F)n2N)cc1. The average Bonchev–Trinajstić information content (AvgIpc) is 3.05. The van der Waals surface area contributed by atoms with Gasteiger partial charge in [0.05, 0.1) is 12.4 Å². The second kappa shape index (κ2) is 8.26. The highest BCUT2D eigenvalue weighted by Crippen LogP contribution is 2.27. The maximum atomic E-state index is 13.7. The molecule has 1 heterocycles. The van der Waals surface area contributed by atoms with Crippen molar-refractivity contribution in [1.29, 1.82) is 0 Å². The van der Waals surface area contributed by atoms with Crippen LogP contribution >= 0.6 is 11.8 Å². The van der Waals surface area contributed by atoms with E-state index in [1.165, 1.54) is 10.7 Å².